The number of hydrogen-bond donors (Lipinski definition) is 0. The predicted octanol–water partition coefficient (Wildman–Crippen LogP) is 1.43. The molecular weight excluding hydrogens is 262 g/mol. The molecule has 0 aliphatic heterocycles. The van der Waals surface area contributed by atoms with Gasteiger partial charge in [0.25, 0.3) is 0 Å². The number of hydrogen-bond acceptors (Lipinski definition) is 3. The van der Waals surface area contributed by atoms with Crippen molar-refractivity contribution >= 4 is 19.5 Å². The van der Waals surface area contributed by atoms with Crippen molar-refractivity contribution in [2.45, 2.75) is 38.0 Å². The third-order valence-corrected chi connectivity index (χ3v) is 4.24. The Hall–Kier alpha value is -1.68. The van der Waals surface area contributed by atoms with E-state index in [9.17, 15) is 0 Å². The number of pyridine rings is 1. The van der Waals surface area contributed by atoms with Crippen LogP contribution in [-0.2, 0) is 11.8 Å². The van der Waals surface area contributed by atoms with E-state index in [1.54, 1.807) is 13.3 Å². The third kappa shape index (κ3) is 3.50. The minimum atomic E-state index is 0.355. The third-order valence-electron chi connectivity index (χ3n) is 4.24. The summed E-state index contributed by atoms with van der Waals surface area (Å²) in [6, 6.07) is 2.17. The summed E-state index contributed by atoms with van der Waals surface area (Å²) in [7, 11) is 3.64. The molecule has 0 radical (unpaired) electrons. The van der Waals surface area contributed by atoms with Crippen LogP contribution >= 0.6 is 0 Å². The average molecular weight is 287 g/mol. The Balaban J connectivity index is 2.70. The molecule has 21 heavy (non-hydrogen) atoms. The number of aliphatic imine (C=N–C) groups is 1. The minimum Gasteiger partial charge on any atom is -0.363 e. The molecule has 0 atom stereocenters. The topological polar surface area (TPSA) is 38.9 Å². The van der Waals surface area contributed by atoms with E-state index in [-0.39, 0.29) is 0 Å². The Labute approximate surface area is 126 Å². The summed E-state index contributed by atoms with van der Waals surface area (Å²) in [6.45, 7) is 8.08. The maximum Gasteiger partial charge on any atom is 0.137 e. The Morgan fingerprint density at radius 2 is 2.10 bits per heavy atom. The molecule has 4 heteroatoms. The smallest absolute Gasteiger partial charge is 0.137 e. The van der Waals surface area contributed by atoms with Crippen LogP contribution in [0.3, 0.4) is 0 Å². The summed E-state index contributed by atoms with van der Waals surface area (Å²) in [5, 5.41) is 2.91. The van der Waals surface area contributed by atoms with E-state index in [1.165, 1.54) is 37.7 Å². The van der Waals surface area contributed by atoms with Crippen LogP contribution in [0.4, 0.5) is 0 Å². The molecule has 0 saturated heterocycles. The van der Waals surface area contributed by atoms with Gasteiger partial charge in [0.05, 0.1) is 16.9 Å². The molecule has 4 nitrogen and oxygen atoms in total. The lowest BCUT2D eigenvalue weighted by Gasteiger charge is -2.23. The fraction of sp³-hybridized carbons (Fsp3) is 0.529. The van der Waals surface area contributed by atoms with Gasteiger partial charge in [-0.2, -0.15) is 0 Å². The van der Waals surface area contributed by atoms with E-state index in [4.69, 9.17) is 4.74 Å². The molecule has 0 aromatic carbocycles. The molecule has 2 rings (SSSR count). The molecule has 1 saturated carbocycles. The molecule has 1 aliphatic rings. The highest BCUT2D eigenvalue weighted by Gasteiger charge is 2.18. The first-order chi connectivity index (χ1) is 10.2. The van der Waals surface area contributed by atoms with Gasteiger partial charge in [-0.25, -0.2) is 0 Å². The molecule has 0 bridgehead atoms. The van der Waals surface area contributed by atoms with Gasteiger partial charge in [0.1, 0.15) is 6.73 Å². The normalized spacial score (nSPS) is 18.2. The van der Waals surface area contributed by atoms with Gasteiger partial charge in [-0.15, -0.1) is 0 Å². The second-order valence-electron chi connectivity index (χ2n) is 5.61. The van der Waals surface area contributed by atoms with Crippen LogP contribution in [0.2, 0.25) is 0 Å². The monoisotopic (exact) mass is 287 g/mol. The van der Waals surface area contributed by atoms with Crippen LogP contribution in [0, 0.1) is 0 Å². The molecular formula is C17H25N3O. The highest BCUT2D eigenvalue weighted by atomic mass is 16.5. The second-order valence-corrected chi connectivity index (χ2v) is 5.61. The van der Waals surface area contributed by atoms with Crippen molar-refractivity contribution in [2.75, 3.05) is 13.8 Å². The van der Waals surface area contributed by atoms with Crippen molar-refractivity contribution in [3.8, 4) is 0 Å². The largest absolute Gasteiger partial charge is 0.363 e. The molecule has 0 amide bonds. The lowest BCUT2D eigenvalue weighted by Crippen LogP contribution is -2.44. The zero-order chi connectivity index (χ0) is 15.2. The van der Waals surface area contributed by atoms with Crippen molar-refractivity contribution in [2.24, 2.45) is 17.0 Å². The Bertz CT molecular complexity index is 667. The first-order valence-electron chi connectivity index (χ1n) is 7.53. The van der Waals surface area contributed by atoms with Gasteiger partial charge in [0.2, 0.25) is 0 Å². The minimum absolute atomic E-state index is 0.355. The summed E-state index contributed by atoms with van der Waals surface area (Å²) in [5.41, 5.74) is 1.28. The lowest BCUT2D eigenvalue weighted by molar-refractivity contribution is 0.205. The number of rotatable bonds is 4. The van der Waals surface area contributed by atoms with Crippen LogP contribution in [0.25, 0.3) is 12.8 Å². The molecule has 1 aromatic rings. The Morgan fingerprint density at radius 3 is 2.71 bits per heavy atom. The quantitative estimate of drug-likeness (QED) is 0.772. The molecule has 0 spiro atoms. The second kappa shape index (κ2) is 7.36. The zero-order valence-electron chi connectivity index (χ0n) is 13.1. The SMILES string of the molecule is C=N/C=c1\c(=N/COC)c(C2CCCCC2)cc(=C)n1C. The standard InChI is InChI=1S/C17H25N3O/c1-13-10-15(14-8-6-5-7-9-14)17(19-12-21-4)16(11-18-2)20(13)3/h10-11,14H,1-2,5-9,12H2,3-4H3/b16-11+,19-17-. The molecule has 0 N–H and O–H groups in total. The first-order valence-corrected chi connectivity index (χ1v) is 7.53. The maximum atomic E-state index is 5.14. The molecule has 1 aromatic heterocycles. The van der Waals surface area contributed by atoms with Gasteiger partial charge < -0.3 is 9.30 Å². The maximum absolute atomic E-state index is 5.14. The fourth-order valence-electron chi connectivity index (χ4n) is 3.07. The summed E-state index contributed by atoms with van der Waals surface area (Å²) >= 11 is 0. The zero-order valence-corrected chi connectivity index (χ0v) is 13.1. The summed E-state index contributed by atoms with van der Waals surface area (Å²) in [5.74, 6) is 0.563. The van der Waals surface area contributed by atoms with Crippen molar-refractivity contribution in [3.05, 3.63) is 27.7 Å². The van der Waals surface area contributed by atoms with Gasteiger partial charge in [0, 0.05) is 19.5 Å². The fourth-order valence-corrected chi connectivity index (χ4v) is 3.07. The van der Waals surface area contributed by atoms with Crippen molar-refractivity contribution in [3.63, 3.8) is 0 Å². The van der Waals surface area contributed by atoms with E-state index >= 15 is 0 Å². The van der Waals surface area contributed by atoms with E-state index in [1.807, 2.05) is 11.6 Å². The predicted molar refractivity (Wildman–Crippen MR) is 87.5 cm³/mol. The molecule has 114 valence electrons. The molecule has 1 fully saturated rings. The van der Waals surface area contributed by atoms with Crippen LogP contribution < -0.4 is 16.1 Å². The van der Waals surface area contributed by atoms with Crippen LogP contribution in [0.1, 0.15) is 43.6 Å². The first kappa shape index (κ1) is 15.7. The van der Waals surface area contributed by atoms with E-state index in [0.717, 1.165) is 16.1 Å². The molecule has 0 unspecified atom stereocenters. The van der Waals surface area contributed by atoms with Gasteiger partial charge in [0.15, 0.2) is 0 Å². The molecule has 1 aliphatic carbocycles. The van der Waals surface area contributed by atoms with Crippen molar-refractivity contribution in [1.29, 1.82) is 0 Å². The van der Waals surface area contributed by atoms with Gasteiger partial charge in [-0.1, -0.05) is 25.8 Å². The van der Waals surface area contributed by atoms with Crippen LogP contribution in [-0.4, -0.2) is 25.1 Å². The van der Waals surface area contributed by atoms with Crippen molar-refractivity contribution in [1.82, 2.24) is 4.57 Å². The van der Waals surface area contributed by atoms with Crippen LogP contribution in [0.15, 0.2) is 16.1 Å². The highest BCUT2D eigenvalue weighted by molar-refractivity contribution is 5.36. The van der Waals surface area contributed by atoms with Crippen LogP contribution in [0.5, 0.6) is 0 Å². The molecule has 1 heterocycles. The van der Waals surface area contributed by atoms with Gasteiger partial charge in [-0.3, -0.25) is 9.98 Å². The average Bonchev–Trinajstić information content (AvgIpc) is 2.51. The van der Waals surface area contributed by atoms with Crippen molar-refractivity contribution < 1.29 is 4.74 Å². The highest BCUT2D eigenvalue weighted by Crippen LogP contribution is 2.30. The number of nitrogens with zero attached hydrogens (tertiary/aromatic N) is 3. The van der Waals surface area contributed by atoms with Gasteiger partial charge in [-0.05, 0) is 37.1 Å². The number of aromatic nitrogens is 1. The lowest BCUT2D eigenvalue weighted by atomic mass is 9.84. The van der Waals surface area contributed by atoms with E-state index in [2.05, 4.69) is 29.3 Å². The van der Waals surface area contributed by atoms with E-state index in [0.29, 0.717) is 12.6 Å². The van der Waals surface area contributed by atoms with Gasteiger partial charge >= 0.3 is 0 Å². The number of methoxy groups -OCH3 is 1. The van der Waals surface area contributed by atoms with E-state index < -0.39 is 0 Å². The summed E-state index contributed by atoms with van der Waals surface area (Å²) in [4.78, 5) is 8.57. The number of ether oxygens (including phenoxy) is 1. The Kier molecular flexibility index (Phi) is 5.51. The Morgan fingerprint density at radius 1 is 1.38 bits per heavy atom. The summed E-state index contributed by atoms with van der Waals surface area (Å²) in [6.07, 6.45) is 8.14. The summed E-state index contributed by atoms with van der Waals surface area (Å²) < 4.78 is 7.15.